The molecule has 67 valence electrons. The van der Waals surface area contributed by atoms with Crippen molar-refractivity contribution < 1.29 is 9.84 Å². The molecule has 3 nitrogen and oxygen atoms in total. The molecule has 1 heterocycles. The molecule has 0 aliphatic heterocycles. The number of fused-ring (bicyclic) bond motifs is 1. The van der Waals surface area contributed by atoms with Crippen LogP contribution in [0.2, 0.25) is 0 Å². The number of aliphatic hydroxyl groups excluding tert-OH is 1. The molecule has 0 bridgehead atoms. The quantitative estimate of drug-likeness (QED) is 0.804. The Balaban J connectivity index is 2.26. The fourth-order valence-electron chi connectivity index (χ4n) is 1.04. The van der Waals surface area contributed by atoms with E-state index < -0.39 is 0 Å². The van der Waals surface area contributed by atoms with E-state index in [9.17, 15) is 0 Å². The lowest BCUT2D eigenvalue weighted by Gasteiger charge is -2.02. The number of hydrogen-bond acceptors (Lipinski definition) is 4. The number of thiazole rings is 1. The van der Waals surface area contributed by atoms with Crippen LogP contribution in [-0.2, 0) is 0 Å². The Bertz CT molecular complexity index is 399. The zero-order chi connectivity index (χ0) is 9.10. The molecule has 0 spiro atoms. The van der Waals surface area contributed by atoms with Crippen molar-refractivity contribution in [2.45, 2.75) is 0 Å². The van der Waals surface area contributed by atoms with Gasteiger partial charge in [0.15, 0.2) is 5.51 Å². The van der Waals surface area contributed by atoms with Gasteiger partial charge >= 0.3 is 0 Å². The van der Waals surface area contributed by atoms with Gasteiger partial charge in [0.1, 0.15) is 12.4 Å². The number of ether oxygens (including phenoxy) is 1. The summed E-state index contributed by atoms with van der Waals surface area (Å²) in [6, 6.07) is 5.62. The Labute approximate surface area is 79.6 Å². The summed E-state index contributed by atoms with van der Waals surface area (Å²) in [6.45, 7) is 0.362. The van der Waals surface area contributed by atoms with Gasteiger partial charge in [0.2, 0.25) is 0 Å². The summed E-state index contributed by atoms with van der Waals surface area (Å²) in [4.78, 5) is 4.03. The summed E-state index contributed by atoms with van der Waals surface area (Å²) in [5.41, 5.74) is 3.74. The van der Waals surface area contributed by atoms with Gasteiger partial charge in [0.05, 0.1) is 16.8 Å². The van der Waals surface area contributed by atoms with Gasteiger partial charge in [-0.25, -0.2) is 4.98 Å². The van der Waals surface area contributed by atoms with Crippen LogP contribution in [0.3, 0.4) is 0 Å². The van der Waals surface area contributed by atoms with Crippen molar-refractivity contribution in [2.24, 2.45) is 0 Å². The highest BCUT2D eigenvalue weighted by atomic mass is 32.1. The topological polar surface area (TPSA) is 42.4 Å². The number of hydrogen-bond donors (Lipinski definition) is 1. The summed E-state index contributed by atoms with van der Waals surface area (Å²) in [5, 5.41) is 8.56. The molecule has 2 aromatic rings. The van der Waals surface area contributed by atoms with Crippen LogP contribution in [0.1, 0.15) is 0 Å². The van der Waals surface area contributed by atoms with E-state index in [0.717, 1.165) is 16.0 Å². The lowest BCUT2D eigenvalue weighted by Crippen LogP contribution is -2.00. The number of rotatable bonds is 3. The second-order valence-electron chi connectivity index (χ2n) is 2.51. The molecule has 0 saturated carbocycles. The van der Waals surface area contributed by atoms with Gasteiger partial charge < -0.3 is 9.84 Å². The third-order valence-corrected chi connectivity index (χ3v) is 2.34. The van der Waals surface area contributed by atoms with E-state index in [-0.39, 0.29) is 6.61 Å². The molecule has 1 aromatic carbocycles. The Hall–Kier alpha value is -1.13. The molecule has 0 atom stereocenters. The maximum Gasteiger partial charge on any atom is 0.153 e. The molecule has 4 heteroatoms. The highest BCUT2D eigenvalue weighted by molar-refractivity contribution is 7.16. The van der Waals surface area contributed by atoms with Gasteiger partial charge in [-0.05, 0) is 18.2 Å². The van der Waals surface area contributed by atoms with E-state index in [2.05, 4.69) is 10.5 Å². The predicted octanol–water partition coefficient (Wildman–Crippen LogP) is 1.47. The van der Waals surface area contributed by atoms with E-state index in [1.54, 1.807) is 0 Å². The molecule has 0 amide bonds. The largest absolute Gasteiger partial charge is 0.491 e. The second-order valence-corrected chi connectivity index (χ2v) is 3.33. The molecule has 1 radical (unpaired) electrons. The van der Waals surface area contributed by atoms with E-state index >= 15 is 0 Å². The van der Waals surface area contributed by atoms with Crippen LogP contribution in [0.25, 0.3) is 10.2 Å². The van der Waals surface area contributed by atoms with E-state index in [1.807, 2.05) is 18.2 Å². The Morgan fingerprint density at radius 3 is 3.31 bits per heavy atom. The van der Waals surface area contributed by atoms with Crippen molar-refractivity contribution in [1.82, 2.24) is 4.98 Å². The van der Waals surface area contributed by atoms with Crippen LogP contribution in [0, 0.1) is 5.51 Å². The van der Waals surface area contributed by atoms with Gasteiger partial charge in [0, 0.05) is 0 Å². The summed E-state index contributed by atoms with van der Waals surface area (Å²) in [6.07, 6.45) is 0. The van der Waals surface area contributed by atoms with Gasteiger partial charge in [-0.15, -0.1) is 11.3 Å². The SMILES string of the molecule is OCCOc1ccc2n[c]sc2c1. The van der Waals surface area contributed by atoms with E-state index in [4.69, 9.17) is 9.84 Å². The minimum absolute atomic E-state index is 0.0346. The molecule has 0 aliphatic carbocycles. The molecule has 0 aliphatic rings. The van der Waals surface area contributed by atoms with Crippen LogP contribution < -0.4 is 4.74 Å². The molecule has 13 heavy (non-hydrogen) atoms. The Kier molecular flexibility index (Phi) is 2.42. The van der Waals surface area contributed by atoms with Crippen molar-refractivity contribution in [3.63, 3.8) is 0 Å². The summed E-state index contributed by atoms with van der Waals surface area (Å²) < 4.78 is 6.30. The summed E-state index contributed by atoms with van der Waals surface area (Å²) in [7, 11) is 0. The number of aliphatic hydroxyl groups is 1. The highest BCUT2D eigenvalue weighted by Crippen LogP contribution is 2.22. The van der Waals surface area contributed by atoms with Crippen LogP contribution in [-0.4, -0.2) is 23.3 Å². The van der Waals surface area contributed by atoms with Crippen molar-refractivity contribution >= 4 is 21.6 Å². The van der Waals surface area contributed by atoms with Gasteiger partial charge in [-0.2, -0.15) is 0 Å². The van der Waals surface area contributed by atoms with Crippen molar-refractivity contribution in [1.29, 1.82) is 0 Å². The lowest BCUT2D eigenvalue weighted by molar-refractivity contribution is 0.201. The molecule has 2 rings (SSSR count). The van der Waals surface area contributed by atoms with Gasteiger partial charge in [-0.3, -0.25) is 0 Å². The Morgan fingerprint density at radius 2 is 2.46 bits per heavy atom. The van der Waals surface area contributed by atoms with Gasteiger partial charge in [0.25, 0.3) is 0 Å². The third kappa shape index (κ3) is 1.79. The lowest BCUT2D eigenvalue weighted by atomic mass is 10.3. The third-order valence-electron chi connectivity index (χ3n) is 1.61. The first-order valence-corrected chi connectivity index (χ1v) is 4.72. The van der Waals surface area contributed by atoms with Crippen molar-refractivity contribution in [2.75, 3.05) is 13.2 Å². The van der Waals surface area contributed by atoms with Gasteiger partial charge in [-0.1, -0.05) is 0 Å². The molecular formula is C9H8NO2S. The minimum Gasteiger partial charge on any atom is -0.491 e. The molecule has 0 saturated heterocycles. The minimum atomic E-state index is 0.0346. The second kappa shape index (κ2) is 3.72. The Morgan fingerprint density at radius 1 is 1.54 bits per heavy atom. The number of nitrogens with zero attached hydrogens (tertiary/aromatic N) is 1. The van der Waals surface area contributed by atoms with Crippen LogP contribution >= 0.6 is 11.3 Å². The first-order valence-electron chi connectivity index (χ1n) is 3.90. The normalized spacial score (nSPS) is 10.5. The maximum atomic E-state index is 8.56. The summed E-state index contributed by atoms with van der Waals surface area (Å²) >= 11 is 1.46. The zero-order valence-corrected chi connectivity index (χ0v) is 7.67. The van der Waals surface area contributed by atoms with E-state index in [1.165, 1.54) is 11.3 Å². The molecule has 1 aromatic heterocycles. The monoisotopic (exact) mass is 194 g/mol. The average molecular weight is 194 g/mol. The number of aromatic nitrogens is 1. The molecular weight excluding hydrogens is 186 g/mol. The average Bonchev–Trinajstić information content (AvgIpc) is 2.61. The molecule has 0 unspecified atom stereocenters. The standard InChI is InChI=1S/C9H8NO2S/c11-3-4-12-7-1-2-8-9(5-7)13-6-10-8/h1-2,5,11H,3-4H2. The van der Waals surface area contributed by atoms with Crippen LogP contribution in [0.4, 0.5) is 0 Å². The highest BCUT2D eigenvalue weighted by Gasteiger charge is 1.98. The fourth-order valence-corrected chi connectivity index (χ4v) is 1.68. The maximum absolute atomic E-state index is 8.56. The smallest absolute Gasteiger partial charge is 0.153 e. The van der Waals surface area contributed by atoms with Crippen LogP contribution in [0.5, 0.6) is 5.75 Å². The van der Waals surface area contributed by atoms with E-state index in [0.29, 0.717) is 6.61 Å². The number of benzene rings is 1. The first kappa shape index (κ1) is 8.47. The van der Waals surface area contributed by atoms with Crippen molar-refractivity contribution in [3.8, 4) is 5.75 Å². The van der Waals surface area contributed by atoms with Crippen molar-refractivity contribution in [3.05, 3.63) is 23.7 Å². The molecule has 1 N–H and O–H groups in total. The predicted molar refractivity (Wildman–Crippen MR) is 51.0 cm³/mol. The van der Waals surface area contributed by atoms with Crippen LogP contribution in [0.15, 0.2) is 18.2 Å². The molecule has 0 fully saturated rings. The zero-order valence-electron chi connectivity index (χ0n) is 6.86. The summed E-state index contributed by atoms with van der Waals surface area (Å²) in [5.74, 6) is 0.763. The first-order chi connectivity index (χ1) is 6.40. The fraction of sp³-hybridized carbons (Fsp3) is 0.222.